The van der Waals surface area contributed by atoms with Crippen LogP contribution in [0.25, 0.3) is 0 Å². The van der Waals surface area contributed by atoms with Crippen LogP contribution in [0.15, 0.2) is 30.0 Å². The quantitative estimate of drug-likeness (QED) is 0.557. The number of carbonyl (C=O) groups is 2. The summed E-state index contributed by atoms with van der Waals surface area (Å²) in [5.41, 5.74) is -0.355. The molecule has 19 heavy (non-hydrogen) atoms. The molecule has 0 spiro atoms. The topological polar surface area (TPSA) is 104 Å². The average molecular weight is 266 g/mol. The number of carboxylic acid groups (broad SMARTS) is 2. The zero-order chi connectivity index (χ0) is 14.6. The molecule has 0 saturated carbocycles. The van der Waals surface area contributed by atoms with Gasteiger partial charge >= 0.3 is 11.9 Å². The maximum atomic E-state index is 11.0. The van der Waals surface area contributed by atoms with Crippen LogP contribution in [0.1, 0.15) is 24.2 Å². The summed E-state index contributed by atoms with van der Waals surface area (Å²) in [4.78, 5) is 21.8. The van der Waals surface area contributed by atoms with Crippen molar-refractivity contribution in [3.05, 3.63) is 35.6 Å². The number of rotatable bonds is 5. The molecule has 0 bridgehead atoms. The molecule has 1 aromatic rings. The number of allylic oxidation sites excluding steroid dienone is 1. The van der Waals surface area contributed by atoms with E-state index in [-0.39, 0.29) is 23.0 Å². The van der Waals surface area contributed by atoms with E-state index < -0.39 is 17.7 Å². The van der Waals surface area contributed by atoms with E-state index in [4.69, 9.17) is 14.9 Å². The first-order chi connectivity index (χ1) is 8.82. The summed E-state index contributed by atoms with van der Waals surface area (Å²) in [5, 5.41) is 27.5. The summed E-state index contributed by atoms with van der Waals surface area (Å²) in [6, 6.07) is 3.84. The van der Waals surface area contributed by atoms with Crippen molar-refractivity contribution in [2.24, 2.45) is 5.92 Å². The fourth-order valence-electron chi connectivity index (χ4n) is 1.35. The van der Waals surface area contributed by atoms with Crippen molar-refractivity contribution in [3.8, 4) is 11.5 Å². The molecule has 0 radical (unpaired) electrons. The third kappa shape index (κ3) is 3.74. The van der Waals surface area contributed by atoms with Gasteiger partial charge in [0, 0.05) is 0 Å². The third-order valence-corrected chi connectivity index (χ3v) is 2.14. The minimum atomic E-state index is -1.33. The second-order valence-electron chi connectivity index (χ2n) is 4.14. The Morgan fingerprint density at radius 3 is 2.37 bits per heavy atom. The highest BCUT2D eigenvalue weighted by Crippen LogP contribution is 2.31. The largest absolute Gasteiger partial charge is 0.504 e. The van der Waals surface area contributed by atoms with Crippen LogP contribution in [0.2, 0.25) is 0 Å². The molecule has 0 aromatic heterocycles. The van der Waals surface area contributed by atoms with Gasteiger partial charge in [-0.3, -0.25) is 0 Å². The highest BCUT2D eigenvalue weighted by Gasteiger charge is 2.18. The zero-order valence-corrected chi connectivity index (χ0v) is 10.5. The van der Waals surface area contributed by atoms with E-state index in [1.165, 1.54) is 24.3 Å². The van der Waals surface area contributed by atoms with Gasteiger partial charge in [-0.15, -0.1) is 0 Å². The van der Waals surface area contributed by atoms with Gasteiger partial charge in [0.25, 0.3) is 0 Å². The lowest BCUT2D eigenvalue weighted by Crippen LogP contribution is -2.10. The molecule has 0 fully saturated rings. The van der Waals surface area contributed by atoms with Crippen LogP contribution in [0.4, 0.5) is 0 Å². The summed E-state index contributed by atoms with van der Waals surface area (Å²) in [6.45, 7) is 3.53. The molecule has 3 N–H and O–H groups in total. The highest BCUT2D eigenvalue weighted by molar-refractivity contribution is 5.92. The second-order valence-corrected chi connectivity index (χ2v) is 4.14. The number of hydrogen-bond acceptors (Lipinski definition) is 4. The number of ether oxygens (including phenoxy) is 1. The lowest BCUT2D eigenvalue weighted by atomic mass is 10.2. The summed E-state index contributed by atoms with van der Waals surface area (Å²) < 4.78 is 5.06. The standard InChI is InChI=1S/C13H14O6/c1-7(2)6-10(13(17)18)19-9-5-3-4-8(11(9)14)12(15)16/h3-7,14H,1-2H3,(H,15,16)(H,17,18)/b10-6+. The Bertz CT molecular complexity index is 530. The van der Waals surface area contributed by atoms with Crippen molar-refractivity contribution in [2.45, 2.75) is 13.8 Å². The number of hydrogen-bond donors (Lipinski definition) is 3. The molecular formula is C13H14O6. The van der Waals surface area contributed by atoms with E-state index in [0.717, 1.165) is 0 Å². The van der Waals surface area contributed by atoms with Crippen molar-refractivity contribution >= 4 is 11.9 Å². The van der Waals surface area contributed by atoms with Gasteiger partial charge in [0.15, 0.2) is 11.5 Å². The van der Waals surface area contributed by atoms with E-state index in [1.54, 1.807) is 13.8 Å². The molecule has 0 unspecified atom stereocenters. The predicted octanol–water partition coefficient (Wildman–Crippen LogP) is 2.09. The fourth-order valence-corrected chi connectivity index (χ4v) is 1.35. The molecule has 1 aromatic carbocycles. The Hall–Kier alpha value is -2.50. The minimum absolute atomic E-state index is 0.0732. The molecule has 0 atom stereocenters. The van der Waals surface area contributed by atoms with E-state index in [9.17, 15) is 14.7 Å². The SMILES string of the molecule is CC(C)/C=C(/Oc1cccc(C(=O)O)c1O)C(=O)O. The van der Waals surface area contributed by atoms with Crippen LogP contribution < -0.4 is 4.74 Å². The molecule has 0 aliphatic rings. The molecule has 6 heteroatoms. The molecule has 1 rings (SSSR count). The number of phenols is 1. The van der Waals surface area contributed by atoms with Gasteiger partial charge in [0.2, 0.25) is 5.76 Å². The van der Waals surface area contributed by atoms with Gasteiger partial charge in [-0.25, -0.2) is 9.59 Å². The van der Waals surface area contributed by atoms with E-state index in [0.29, 0.717) is 0 Å². The van der Waals surface area contributed by atoms with E-state index in [1.807, 2.05) is 0 Å². The van der Waals surface area contributed by atoms with Gasteiger partial charge < -0.3 is 20.1 Å². The predicted molar refractivity (Wildman–Crippen MR) is 66.3 cm³/mol. The van der Waals surface area contributed by atoms with Crippen molar-refractivity contribution in [3.63, 3.8) is 0 Å². The van der Waals surface area contributed by atoms with E-state index in [2.05, 4.69) is 0 Å². The molecule has 0 aliphatic carbocycles. The maximum absolute atomic E-state index is 11.0. The highest BCUT2D eigenvalue weighted by atomic mass is 16.5. The van der Waals surface area contributed by atoms with Crippen LogP contribution in [-0.4, -0.2) is 27.3 Å². The Morgan fingerprint density at radius 2 is 1.89 bits per heavy atom. The molecular weight excluding hydrogens is 252 g/mol. The number of carboxylic acids is 2. The molecule has 0 aliphatic heterocycles. The first-order valence-corrected chi connectivity index (χ1v) is 5.51. The Balaban J connectivity index is 3.14. The molecule has 6 nitrogen and oxygen atoms in total. The third-order valence-electron chi connectivity index (χ3n) is 2.14. The molecule has 102 valence electrons. The molecule has 0 heterocycles. The van der Waals surface area contributed by atoms with Crippen molar-refractivity contribution in [1.82, 2.24) is 0 Å². The number of aromatic carboxylic acids is 1. The zero-order valence-electron chi connectivity index (χ0n) is 10.5. The molecule has 0 saturated heterocycles. The monoisotopic (exact) mass is 266 g/mol. The van der Waals surface area contributed by atoms with Gasteiger partial charge in [0.1, 0.15) is 5.56 Å². The Labute approximate surface area is 109 Å². The van der Waals surface area contributed by atoms with E-state index >= 15 is 0 Å². The fraction of sp³-hybridized carbons (Fsp3) is 0.231. The van der Waals surface area contributed by atoms with Gasteiger partial charge in [-0.2, -0.15) is 0 Å². The normalized spacial score (nSPS) is 11.4. The smallest absolute Gasteiger partial charge is 0.371 e. The number of para-hydroxylation sites is 1. The number of aliphatic carboxylic acids is 1. The van der Waals surface area contributed by atoms with Crippen molar-refractivity contribution in [1.29, 1.82) is 0 Å². The van der Waals surface area contributed by atoms with Crippen LogP contribution >= 0.6 is 0 Å². The average Bonchev–Trinajstić information content (AvgIpc) is 2.29. The lowest BCUT2D eigenvalue weighted by Gasteiger charge is -2.10. The summed E-state index contributed by atoms with van der Waals surface area (Å²) in [6.07, 6.45) is 1.36. The summed E-state index contributed by atoms with van der Waals surface area (Å²) in [7, 11) is 0. The first-order valence-electron chi connectivity index (χ1n) is 5.51. The second kappa shape index (κ2) is 5.90. The van der Waals surface area contributed by atoms with Gasteiger partial charge in [-0.1, -0.05) is 19.9 Å². The first kappa shape index (κ1) is 14.6. The van der Waals surface area contributed by atoms with Crippen LogP contribution in [-0.2, 0) is 4.79 Å². The van der Waals surface area contributed by atoms with Crippen molar-refractivity contribution in [2.75, 3.05) is 0 Å². The lowest BCUT2D eigenvalue weighted by molar-refractivity contribution is -0.135. The van der Waals surface area contributed by atoms with Crippen LogP contribution in [0.3, 0.4) is 0 Å². The van der Waals surface area contributed by atoms with Crippen LogP contribution in [0, 0.1) is 5.92 Å². The number of benzene rings is 1. The maximum Gasteiger partial charge on any atom is 0.371 e. The minimum Gasteiger partial charge on any atom is -0.504 e. The Kier molecular flexibility index (Phi) is 4.52. The Morgan fingerprint density at radius 1 is 1.26 bits per heavy atom. The number of aromatic hydroxyl groups is 1. The van der Waals surface area contributed by atoms with Gasteiger partial charge in [-0.05, 0) is 24.1 Å². The van der Waals surface area contributed by atoms with Crippen LogP contribution in [0.5, 0.6) is 11.5 Å². The summed E-state index contributed by atoms with van der Waals surface area (Å²) >= 11 is 0. The van der Waals surface area contributed by atoms with Crippen molar-refractivity contribution < 1.29 is 29.6 Å². The molecule has 0 amide bonds. The summed E-state index contributed by atoms with van der Waals surface area (Å²) in [5.74, 6) is -3.88. The van der Waals surface area contributed by atoms with Gasteiger partial charge in [0.05, 0.1) is 0 Å².